The van der Waals surface area contributed by atoms with Crippen molar-refractivity contribution < 1.29 is 73.5 Å². The molecule has 4 unspecified atom stereocenters. The molecule has 21 nitrogen and oxygen atoms in total. The van der Waals surface area contributed by atoms with Gasteiger partial charge in [0.05, 0.1) is 13.2 Å². The van der Waals surface area contributed by atoms with Gasteiger partial charge >= 0.3 is 17.9 Å². The van der Waals surface area contributed by atoms with Crippen molar-refractivity contribution in [3.05, 3.63) is 0 Å². The van der Waals surface area contributed by atoms with Crippen molar-refractivity contribution >= 4 is 59.6 Å². The molecule has 0 aromatic carbocycles. The summed E-state index contributed by atoms with van der Waals surface area (Å²) in [5, 5.41) is 59.6. The molecule has 21 heteroatoms. The van der Waals surface area contributed by atoms with Crippen LogP contribution in [0.15, 0.2) is 0 Å². The summed E-state index contributed by atoms with van der Waals surface area (Å²) in [5.74, 6) is -9.53. The maximum atomic E-state index is 13.0. The topological polar surface area (TPSA) is 344 Å². The second-order valence-electron chi connectivity index (χ2n) is 10.3. The summed E-state index contributed by atoms with van der Waals surface area (Å²) in [6.45, 7) is -0.548. The van der Waals surface area contributed by atoms with Crippen LogP contribution in [0, 0.1) is 0 Å². The number of ketones is 1. The van der Waals surface area contributed by atoms with E-state index in [1.165, 1.54) is 6.92 Å². The molecule has 0 rings (SSSR count). The van der Waals surface area contributed by atoms with Crippen molar-refractivity contribution in [2.24, 2.45) is 0 Å². The van der Waals surface area contributed by atoms with Gasteiger partial charge in [-0.3, -0.25) is 33.6 Å². The Labute approximate surface area is 273 Å². The standard InChI is InChI=1S/C27H42N6O15/c1-14(37)3-2-10-28-20(38)7-5-17(27(47)48)32-25(44)19(12-35)33-23(42)15(6-9-22(40)41)31-24(43)18(11-34)30-21(39)8-4-16(26(45)46)29-13-36/h13,15-19,34-35H,2-12H2,1H3,(H,28,38)(H,29,36)(H,30,39)(H,31,43)(H,32,44)(H,33,42)(H,40,41)(H,45,46)(H,47,48)/t15-,16?,17?,18?,19?/m0/s1. The van der Waals surface area contributed by atoms with Crippen LogP contribution < -0.4 is 31.9 Å². The Morgan fingerprint density at radius 1 is 0.583 bits per heavy atom. The van der Waals surface area contributed by atoms with Crippen LogP contribution in [0.25, 0.3) is 0 Å². The summed E-state index contributed by atoms with van der Waals surface area (Å²) >= 11 is 0. The minimum absolute atomic E-state index is 0.0757. The van der Waals surface area contributed by atoms with Crippen LogP contribution in [0.1, 0.15) is 58.3 Å². The van der Waals surface area contributed by atoms with Crippen LogP contribution in [-0.4, -0.2) is 135 Å². The number of aliphatic hydroxyl groups is 2. The Morgan fingerprint density at radius 2 is 1.04 bits per heavy atom. The molecular weight excluding hydrogens is 648 g/mol. The lowest BCUT2D eigenvalue weighted by molar-refractivity contribution is -0.143. The molecule has 0 aliphatic heterocycles. The Bertz CT molecular complexity index is 1180. The van der Waals surface area contributed by atoms with Crippen LogP contribution in [0.2, 0.25) is 0 Å². The highest BCUT2D eigenvalue weighted by Crippen LogP contribution is 2.04. The number of carboxylic acid groups (broad SMARTS) is 3. The van der Waals surface area contributed by atoms with E-state index < -0.39 is 110 Å². The average Bonchev–Trinajstić information content (AvgIpc) is 3.01. The van der Waals surface area contributed by atoms with Crippen LogP contribution in [0.4, 0.5) is 0 Å². The van der Waals surface area contributed by atoms with Gasteiger partial charge in [0, 0.05) is 32.2 Å². The zero-order chi connectivity index (χ0) is 36.8. The number of hydrogen-bond donors (Lipinski definition) is 11. The third-order valence-electron chi connectivity index (χ3n) is 6.46. The number of amides is 6. The number of aliphatic carboxylic acids is 3. The number of nitrogens with one attached hydrogen (secondary N) is 6. The van der Waals surface area contributed by atoms with Crippen LogP contribution >= 0.6 is 0 Å². The molecule has 0 aliphatic carbocycles. The molecule has 0 aromatic rings. The number of carboxylic acids is 3. The first-order valence-corrected chi connectivity index (χ1v) is 14.6. The summed E-state index contributed by atoms with van der Waals surface area (Å²) in [4.78, 5) is 118. The molecule has 0 bridgehead atoms. The third-order valence-corrected chi connectivity index (χ3v) is 6.46. The van der Waals surface area contributed by atoms with E-state index in [1.807, 2.05) is 5.32 Å². The number of aliphatic hydroxyl groups excluding tert-OH is 2. The van der Waals surface area contributed by atoms with E-state index in [0.717, 1.165) is 0 Å². The van der Waals surface area contributed by atoms with Gasteiger partial charge in [0.2, 0.25) is 35.9 Å². The van der Waals surface area contributed by atoms with Crippen LogP contribution in [-0.2, 0) is 47.9 Å². The molecule has 0 radical (unpaired) electrons. The maximum Gasteiger partial charge on any atom is 0.326 e. The lowest BCUT2D eigenvalue weighted by Crippen LogP contribution is -2.59. The highest BCUT2D eigenvalue weighted by atomic mass is 16.4. The van der Waals surface area contributed by atoms with Crippen LogP contribution in [0.5, 0.6) is 0 Å². The molecule has 0 aliphatic rings. The summed E-state index contributed by atoms with van der Waals surface area (Å²) < 4.78 is 0. The molecular formula is C27H42N6O15. The average molecular weight is 691 g/mol. The minimum atomic E-state index is -1.81. The summed E-state index contributed by atoms with van der Waals surface area (Å²) in [5.41, 5.74) is 0. The molecule has 0 heterocycles. The molecule has 6 amide bonds. The van der Waals surface area contributed by atoms with Gasteiger partial charge in [-0.2, -0.15) is 0 Å². The monoisotopic (exact) mass is 690 g/mol. The molecule has 0 saturated heterocycles. The van der Waals surface area contributed by atoms with Crippen molar-refractivity contribution in [2.45, 2.75) is 88.5 Å². The molecule has 0 fully saturated rings. The SMILES string of the molecule is CC(=O)CCCNC(=O)CCC(NC(=O)C(CO)NC(=O)[C@H](CCC(=O)O)NC(=O)C(CO)NC(=O)CCC(NC=O)C(=O)O)C(=O)O. The Balaban J connectivity index is 5.42. The first-order valence-electron chi connectivity index (χ1n) is 14.6. The summed E-state index contributed by atoms with van der Waals surface area (Å²) in [6, 6.07) is -8.28. The van der Waals surface area contributed by atoms with E-state index in [4.69, 9.17) is 10.2 Å². The van der Waals surface area contributed by atoms with Gasteiger partial charge in [-0.1, -0.05) is 0 Å². The van der Waals surface area contributed by atoms with Crippen molar-refractivity contribution in [3.8, 4) is 0 Å². The minimum Gasteiger partial charge on any atom is -0.481 e. The Hall–Kier alpha value is -5.18. The molecule has 270 valence electrons. The molecule has 11 N–H and O–H groups in total. The van der Waals surface area contributed by atoms with E-state index in [1.54, 1.807) is 0 Å². The van der Waals surface area contributed by atoms with Crippen LogP contribution in [0.3, 0.4) is 0 Å². The van der Waals surface area contributed by atoms with Gasteiger partial charge in [0.15, 0.2) is 0 Å². The highest BCUT2D eigenvalue weighted by molar-refractivity contribution is 5.95. The summed E-state index contributed by atoms with van der Waals surface area (Å²) in [6.07, 6.45) is -2.16. The summed E-state index contributed by atoms with van der Waals surface area (Å²) in [7, 11) is 0. The van der Waals surface area contributed by atoms with Gasteiger partial charge < -0.3 is 62.2 Å². The van der Waals surface area contributed by atoms with Crippen molar-refractivity contribution in [2.75, 3.05) is 19.8 Å². The first kappa shape index (κ1) is 42.8. The van der Waals surface area contributed by atoms with Crippen molar-refractivity contribution in [3.63, 3.8) is 0 Å². The quantitative estimate of drug-likeness (QED) is 0.0299. The molecule has 48 heavy (non-hydrogen) atoms. The number of Topliss-reactive ketones (excluding diaryl/α,β-unsaturated/α-hetero) is 1. The normalized spacial score (nSPS) is 13.6. The largest absolute Gasteiger partial charge is 0.481 e. The van der Waals surface area contributed by atoms with Gasteiger partial charge in [-0.05, 0) is 32.6 Å². The molecule has 0 saturated carbocycles. The smallest absolute Gasteiger partial charge is 0.326 e. The fourth-order valence-corrected chi connectivity index (χ4v) is 3.83. The van der Waals surface area contributed by atoms with Gasteiger partial charge in [0.1, 0.15) is 36.0 Å². The van der Waals surface area contributed by atoms with E-state index in [9.17, 15) is 63.3 Å². The Morgan fingerprint density at radius 3 is 1.54 bits per heavy atom. The number of carbonyl (C=O) groups is 10. The zero-order valence-corrected chi connectivity index (χ0v) is 26.1. The van der Waals surface area contributed by atoms with Gasteiger partial charge in [0.25, 0.3) is 0 Å². The predicted octanol–water partition coefficient (Wildman–Crippen LogP) is -4.90. The molecule has 5 atom stereocenters. The highest BCUT2D eigenvalue weighted by Gasteiger charge is 2.31. The molecule has 0 spiro atoms. The zero-order valence-electron chi connectivity index (χ0n) is 26.1. The fraction of sp³-hybridized carbons (Fsp3) is 0.630. The van der Waals surface area contributed by atoms with E-state index in [0.29, 0.717) is 6.42 Å². The second kappa shape index (κ2) is 23.2. The number of rotatable bonds is 26. The van der Waals surface area contributed by atoms with E-state index in [-0.39, 0.29) is 44.4 Å². The second-order valence-corrected chi connectivity index (χ2v) is 10.3. The third kappa shape index (κ3) is 18.1. The Kier molecular flexibility index (Phi) is 20.7. The van der Waals surface area contributed by atoms with Gasteiger partial charge in [-0.25, -0.2) is 9.59 Å². The first-order chi connectivity index (χ1) is 22.6. The lowest BCUT2D eigenvalue weighted by Gasteiger charge is -2.25. The van der Waals surface area contributed by atoms with Crippen molar-refractivity contribution in [1.82, 2.24) is 31.9 Å². The maximum absolute atomic E-state index is 13.0. The van der Waals surface area contributed by atoms with Gasteiger partial charge in [-0.15, -0.1) is 0 Å². The van der Waals surface area contributed by atoms with E-state index in [2.05, 4.69) is 26.6 Å². The fourth-order valence-electron chi connectivity index (χ4n) is 3.83. The predicted molar refractivity (Wildman–Crippen MR) is 158 cm³/mol. The van der Waals surface area contributed by atoms with E-state index >= 15 is 0 Å². The number of carbonyl (C=O) groups excluding carboxylic acids is 7. The molecule has 0 aromatic heterocycles. The lowest BCUT2D eigenvalue weighted by atomic mass is 10.1. The van der Waals surface area contributed by atoms with Crippen molar-refractivity contribution in [1.29, 1.82) is 0 Å². The number of hydrogen-bond acceptors (Lipinski definition) is 12.